The van der Waals surface area contributed by atoms with Crippen LogP contribution in [0.3, 0.4) is 0 Å². The number of anilines is 1. The fourth-order valence-electron chi connectivity index (χ4n) is 3.51. The molecule has 0 aliphatic carbocycles. The number of rotatable bonds is 7. The first-order valence-corrected chi connectivity index (χ1v) is 11.9. The first kappa shape index (κ1) is 23.9. The Balaban J connectivity index is 1.75. The zero-order valence-corrected chi connectivity index (χ0v) is 19.3. The van der Waals surface area contributed by atoms with Crippen LogP contribution in [0.1, 0.15) is 29.8 Å². The van der Waals surface area contributed by atoms with Crippen molar-refractivity contribution in [1.29, 1.82) is 0 Å². The summed E-state index contributed by atoms with van der Waals surface area (Å²) in [5.41, 5.74) is 1.38. The number of amides is 1. The van der Waals surface area contributed by atoms with Gasteiger partial charge in [-0.15, -0.1) is 0 Å². The molecular formula is C23H28N2O6S. The second-order valence-corrected chi connectivity index (χ2v) is 9.70. The summed E-state index contributed by atoms with van der Waals surface area (Å²) >= 11 is 0. The average molecular weight is 461 g/mol. The number of ether oxygens (including phenoxy) is 2. The predicted molar refractivity (Wildman–Crippen MR) is 120 cm³/mol. The highest BCUT2D eigenvalue weighted by molar-refractivity contribution is 7.89. The van der Waals surface area contributed by atoms with Crippen LogP contribution in [-0.4, -0.2) is 63.6 Å². The molecule has 172 valence electrons. The van der Waals surface area contributed by atoms with E-state index in [1.807, 2.05) is 44.2 Å². The zero-order valence-electron chi connectivity index (χ0n) is 18.5. The number of nitrogens with zero attached hydrogens (tertiary/aromatic N) is 2. The van der Waals surface area contributed by atoms with Crippen LogP contribution >= 0.6 is 0 Å². The van der Waals surface area contributed by atoms with Gasteiger partial charge in [-0.05, 0) is 50.6 Å². The van der Waals surface area contributed by atoms with Crippen LogP contribution in [-0.2, 0) is 24.3 Å². The first-order valence-electron chi connectivity index (χ1n) is 10.4. The Morgan fingerprint density at radius 3 is 2.38 bits per heavy atom. The van der Waals surface area contributed by atoms with Crippen molar-refractivity contribution in [1.82, 2.24) is 4.31 Å². The van der Waals surface area contributed by atoms with Crippen molar-refractivity contribution < 1.29 is 27.5 Å². The van der Waals surface area contributed by atoms with Crippen LogP contribution < -0.4 is 4.90 Å². The molecule has 0 radical (unpaired) electrons. The smallest absolute Gasteiger partial charge is 0.338 e. The van der Waals surface area contributed by atoms with E-state index >= 15 is 0 Å². The van der Waals surface area contributed by atoms with Crippen LogP contribution in [0.2, 0.25) is 0 Å². The molecule has 0 aromatic heterocycles. The Labute approximate surface area is 188 Å². The summed E-state index contributed by atoms with van der Waals surface area (Å²) in [5, 5.41) is 0. The number of esters is 1. The number of hydrogen-bond acceptors (Lipinski definition) is 6. The van der Waals surface area contributed by atoms with Gasteiger partial charge >= 0.3 is 5.97 Å². The standard InChI is InChI=1S/C23H28N2O6S/c1-17(2)25(19-7-5-4-6-8-19)22(26)16-31-23(27)21-15-20(10-9-18(21)3)32(28,29)24-11-13-30-14-12-24/h4-10,15,17H,11-14,16H2,1-3H3. The largest absolute Gasteiger partial charge is 0.452 e. The highest BCUT2D eigenvalue weighted by Gasteiger charge is 2.28. The Kier molecular flexibility index (Phi) is 7.65. The van der Waals surface area contributed by atoms with Gasteiger partial charge in [0.25, 0.3) is 5.91 Å². The number of para-hydroxylation sites is 1. The molecule has 2 aromatic rings. The molecule has 0 bridgehead atoms. The van der Waals surface area contributed by atoms with Gasteiger partial charge in [0.1, 0.15) is 0 Å². The summed E-state index contributed by atoms with van der Waals surface area (Å²) in [4.78, 5) is 27.1. The lowest BCUT2D eigenvalue weighted by Gasteiger charge is -2.27. The quantitative estimate of drug-likeness (QED) is 0.590. The molecule has 0 atom stereocenters. The molecule has 1 fully saturated rings. The second-order valence-electron chi connectivity index (χ2n) is 7.76. The number of carbonyl (C=O) groups excluding carboxylic acids is 2. The van der Waals surface area contributed by atoms with E-state index in [0.29, 0.717) is 24.5 Å². The van der Waals surface area contributed by atoms with Crippen molar-refractivity contribution in [2.24, 2.45) is 0 Å². The topological polar surface area (TPSA) is 93.2 Å². The lowest BCUT2D eigenvalue weighted by atomic mass is 10.1. The van der Waals surface area contributed by atoms with Crippen LogP contribution in [0.25, 0.3) is 0 Å². The van der Waals surface area contributed by atoms with E-state index < -0.39 is 22.6 Å². The van der Waals surface area contributed by atoms with Crippen LogP contribution in [0.5, 0.6) is 0 Å². The van der Waals surface area contributed by atoms with E-state index in [-0.39, 0.29) is 35.5 Å². The molecule has 0 unspecified atom stereocenters. The summed E-state index contributed by atoms with van der Waals surface area (Å²) < 4.78 is 37.7. The fourth-order valence-corrected chi connectivity index (χ4v) is 4.95. The molecule has 0 spiro atoms. The predicted octanol–water partition coefficient (Wildman–Crippen LogP) is 2.61. The van der Waals surface area contributed by atoms with Crippen LogP contribution in [0.4, 0.5) is 5.69 Å². The van der Waals surface area contributed by atoms with E-state index in [4.69, 9.17) is 9.47 Å². The van der Waals surface area contributed by atoms with E-state index in [9.17, 15) is 18.0 Å². The lowest BCUT2D eigenvalue weighted by molar-refractivity contribution is -0.122. The average Bonchev–Trinajstić information content (AvgIpc) is 2.79. The van der Waals surface area contributed by atoms with Crippen molar-refractivity contribution >= 4 is 27.6 Å². The van der Waals surface area contributed by atoms with Gasteiger partial charge in [0, 0.05) is 24.8 Å². The fraction of sp³-hybridized carbons (Fsp3) is 0.391. The van der Waals surface area contributed by atoms with Gasteiger partial charge in [-0.2, -0.15) is 4.31 Å². The van der Waals surface area contributed by atoms with Crippen LogP contribution in [0, 0.1) is 6.92 Å². The number of morpholine rings is 1. The molecule has 2 aromatic carbocycles. The minimum absolute atomic E-state index is 0.0105. The molecule has 0 N–H and O–H groups in total. The summed E-state index contributed by atoms with van der Waals surface area (Å²) in [6.45, 7) is 6.16. The monoisotopic (exact) mass is 460 g/mol. The van der Waals surface area contributed by atoms with E-state index in [0.717, 1.165) is 0 Å². The summed E-state index contributed by atoms with van der Waals surface area (Å²) in [6.07, 6.45) is 0. The van der Waals surface area contributed by atoms with Gasteiger partial charge in [-0.1, -0.05) is 24.3 Å². The molecule has 1 amide bonds. The highest BCUT2D eigenvalue weighted by atomic mass is 32.2. The summed E-state index contributed by atoms with van der Waals surface area (Å²) in [5.74, 6) is -1.11. The Morgan fingerprint density at radius 2 is 1.75 bits per heavy atom. The number of benzene rings is 2. The Bertz CT molecular complexity index is 1060. The van der Waals surface area contributed by atoms with Gasteiger partial charge in [-0.3, -0.25) is 4.79 Å². The number of sulfonamides is 1. The van der Waals surface area contributed by atoms with Crippen molar-refractivity contribution in [3.05, 3.63) is 59.7 Å². The highest BCUT2D eigenvalue weighted by Crippen LogP contribution is 2.22. The second kappa shape index (κ2) is 10.2. The summed E-state index contributed by atoms with van der Waals surface area (Å²) in [7, 11) is -3.76. The minimum Gasteiger partial charge on any atom is -0.452 e. The van der Waals surface area contributed by atoms with Gasteiger partial charge in [0.2, 0.25) is 10.0 Å². The first-order chi connectivity index (χ1) is 15.2. The van der Waals surface area contributed by atoms with E-state index in [1.54, 1.807) is 17.9 Å². The van der Waals surface area contributed by atoms with Crippen molar-refractivity contribution in [2.75, 3.05) is 37.8 Å². The Morgan fingerprint density at radius 1 is 1.09 bits per heavy atom. The molecular weight excluding hydrogens is 432 g/mol. The zero-order chi connectivity index (χ0) is 23.3. The number of hydrogen-bond donors (Lipinski definition) is 0. The number of carbonyl (C=O) groups is 2. The Hall–Kier alpha value is -2.75. The minimum atomic E-state index is -3.76. The molecule has 0 saturated carbocycles. The third kappa shape index (κ3) is 5.35. The maximum absolute atomic E-state index is 12.9. The van der Waals surface area contributed by atoms with Gasteiger partial charge < -0.3 is 14.4 Å². The third-order valence-corrected chi connectivity index (χ3v) is 7.08. The number of aryl methyl sites for hydroxylation is 1. The SMILES string of the molecule is Cc1ccc(S(=O)(=O)N2CCOCC2)cc1C(=O)OCC(=O)N(c1ccccc1)C(C)C. The van der Waals surface area contributed by atoms with Crippen molar-refractivity contribution in [2.45, 2.75) is 31.7 Å². The molecule has 8 nitrogen and oxygen atoms in total. The lowest BCUT2D eigenvalue weighted by Crippen LogP contribution is -2.40. The molecule has 32 heavy (non-hydrogen) atoms. The van der Waals surface area contributed by atoms with Crippen LogP contribution in [0.15, 0.2) is 53.4 Å². The molecule has 3 rings (SSSR count). The van der Waals surface area contributed by atoms with Crippen molar-refractivity contribution in [3.63, 3.8) is 0 Å². The molecule has 1 aliphatic rings. The van der Waals surface area contributed by atoms with Crippen molar-refractivity contribution in [3.8, 4) is 0 Å². The van der Waals surface area contributed by atoms with Gasteiger partial charge in [0.15, 0.2) is 6.61 Å². The molecule has 1 heterocycles. The molecule has 1 aliphatic heterocycles. The summed E-state index contributed by atoms with van der Waals surface area (Å²) in [6, 6.07) is 13.3. The van der Waals surface area contributed by atoms with E-state index in [1.165, 1.54) is 16.4 Å². The third-order valence-electron chi connectivity index (χ3n) is 5.18. The normalized spacial score (nSPS) is 14.9. The molecule has 9 heteroatoms. The van der Waals surface area contributed by atoms with Gasteiger partial charge in [0.05, 0.1) is 23.7 Å². The molecule has 1 saturated heterocycles. The van der Waals surface area contributed by atoms with Gasteiger partial charge in [-0.25, -0.2) is 13.2 Å². The maximum Gasteiger partial charge on any atom is 0.338 e. The van der Waals surface area contributed by atoms with E-state index in [2.05, 4.69) is 0 Å². The maximum atomic E-state index is 12.9.